The number of carbonyl (C=O) groups excluding carboxylic acids is 3. The minimum Gasteiger partial charge on any atom is -0.444 e. The van der Waals surface area contributed by atoms with E-state index in [4.69, 9.17) is 4.74 Å². The van der Waals surface area contributed by atoms with Crippen LogP contribution >= 0.6 is 0 Å². The standard InChI is InChI=1S/C22H33N5O4/c1-5-10-23-19(28)17-6-8-18(9-7-17)25-20(29)24-11-12-26-13-15-27(16-14-26)21(30)31-22(2,3)4/h5-9H,1,10-16H2,2-4H3,(H,23,28)(H2,24,25,29). The van der Waals surface area contributed by atoms with Crippen LogP contribution in [-0.2, 0) is 4.74 Å². The largest absolute Gasteiger partial charge is 0.444 e. The summed E-state index contributed by atoms with van der Waals surface area (Å²) in [6.45, 7) is 13.4. The monoisotopic (exact) mass is 431 g/mol. The van der Waals surface area contributed by atoms with E-state index in [-0.39, 0.29) is 18.0 Å². The van der Waals surface area contributed by atoms with Gasteiger partial charge in [-0.25, -0.2) is 9.59 Å². The van der Waals surface area contributed by atoms with Crippen molar-refractivity contribution >= 4 is 23.7 Å². The Morgan fingerprint density at radius 2 is 1.71 bits per heavy atom. The van der Waals surface area contributed by atoms with Gasteiger partial charge in [-0.2, -0.15) is 0 Å². The van der Waals surface area contributed by atoms with Crippen LogP contribution in [0.25, 0.3) is 0 Å². The van der Waals surface area contributed by atoms with Crippen LogP contribution in [0.1, 0.15) is 31.1 Å². The van der Waals surface area contributed by atoms with Gasteiger partial charge in [0.1, 0.15) is 5.60 Å². The number of urea groups is 1. The molecular weight excluding hydrogens is 398 g/mol. The van der Waals surface area contributed by atoms with Crippen LogP contribution in [0.15, 0.2) is 36.9 Å². The first-order valence-corrected chi connectivity index (χ1v) is 10.4. The molecule has 1 aliphatic rings. The van der Waals surface area contributed by atoms with Gasteiger partial charge >= 0.3 is 12.1 Å². The van der Waals surface area contributed by atoms with Gasteiger partial charge in [0, 0.05) is 57.1 Å². The summed E-state index contributed by atoms with van der Waals surface area (Å²) in [5, 5.41) is 8.26. The van der Waals surface area contributed by atoms with E-state index in [1.54, 1.807) is 35.2 Å². The number of carbonyl (C=O) groups is 3. The fourth-order valence-electron chi connectivity index (χ4n) is 2.96. The summed E-state index contributed by atoms with van der Waals surface area (Å²) < 4.78 is 5.40. The number of nitrogens with one attached hydrogen (secondary N) is 3. The molecule has 0 unspecified atom stereocenters. The van der Waals surface area contributed by atoms with Gasteiger partial charge in [0.25, 0.3) is 5.91 Å². The van der Waals surface area contributed by atoms with Crippen LogP contribution in [-0.4, -0.2) is 79.2 Å². The molecule has 31 heavy (non-hydrogen) atoms. The maximum Gasteiger partial charge on any atom is 0.410 e. The number of piperazine rings is 1. The second-order valence-corrected chi connectivity index (χ2v) is 8.27. The van der Waals surface area contributed by atoms with Crippen molar-refractivity contribution in [3.8, 4) is 0 Å². The molecule has 0 aromatic heterocycles. The highest BCUT2D eigenvalue weighted by Crippen LogP contribution is 2.12. The Balaban J connectivity index is 1.66. The summed E-state index contributed by atoms with van der Waals surface area (Å²) in [7, 11) is 0. The molecule has 0 radical (unpaired) electrons. The topological polar surface area (TPSA) is 103 Å². The number of anilines is 1. The van der Waals surface area contributed by atoms with Gasteiger partial charge in [-0.05, 0) is 45.0 Å². The molecule has 0 bridgehead atoms. The van der Waals surface area contributed by atoms with Gasteiger partial charge in [-0.15, -0.1) is 6.58 Å². The van der Waals surface area contributed by atoms with Gasteiger partial charge in [-0.1, -0.05) is 6.08 Å². The zero-order chi connectivity index (χ0) is 22.9. The third kappa shape index (κ3) is 8.67. The predicted octanol–water partition coefficient (Wildman–Crippen LogP) is 2.28. The Hall–Kier alpha value is -3.07. The molecule has 1 aliphatic heterocycles. The molecule has 9 heteroatoms. The lowest BCUT2D eigenvalue weighted by molar-refractivity contribution is 0.0147. The van der Waals surface area contributed by atoms with E-state index in [9.17, 15) is 14.4 Å². The highest BCUT2D eigenvalue weighted by atomic mass is 16.6. The van der Waals surface area contributed by atoms with Crippen molar-refractivity contribution in [1.82, 2.24) is 20.4 Å². The number of hydrogen-bond donors (Lipinski definition) is 3. The first-order valence-electron chi connectivity index (χ1n) is 10.4. The van der Waals surface area contributed by atoms with Gasteiger partial charge in [0.2, 0.25) is 0 Å². The number of nitrogens with zero attached hydrogens (tertiary/aromatic N) is 2. The first-order chi connectivity index (χ1) is 14.7. The minimum atomic E-state index is -0.496. The Kier molecular flexibility index (Phi) is 8.87. The van der Waals surface area contributed by atoms with Crippen LogP contribution in [0.3, 0.4) is 0 Å². The highest BCUT2D eigenvalue weighted by molar-refractivity contribution is 5.95. The second-order valence-electron chi connectivity index (χ2n) is 8.27. The van der Waals surface area contributed by atoms with E-state index in [2.05, 4.69) is 27.4 Å². The summed E-state index contributed by atoms with van der Waals surface area (Å²) in [4.78, 5) is 39.9. The molecule has 170 valence electrons. The third-order valence-corrected chi connectivity index (χ3v) is 4.55. The molecule has 1 heterocycles. The fraction of sp³-hybridized carbons (Fsp3) is 0.500. The fourth-order valence-corrected chi connectivity index (χ4v) is 2.96. The maximum atomic E-state index is 12.1. The molecule has 1 aromatic carbocycles. The van der Waals surface area contributed by atoms with Crippen LogP contribution in [0.4, 0.5) is 15.3 Å². The Morgan fingerprint density at radius 1 is 1.06 bits per heavy atom. The molecular formula is C22H33N5O4. The molecule has 1 aromatic rings. The lowest BCUT2D eigenvalue weighted by atomic mass is 10.2. The van der Waals surface area contributed by atoms with E-state index < -0.39 is 5.60 Å². The normalized spacial score (nSPS) is 14.5. The maximum absolute atomic E-state index is 12.1. The minimum absolute atomic E-state index is 0.192. The van der Waals surface area contributed by atoms with Gasteiger partial charge in [0.15, 0.2) is 0 Å². The van der Waals surface area contributed by atoms with E-state index >= 15 is 0 Å². The molecule has 2 rings (SSSR count). The molecule has 9 nitrogen and oxygen atoms in total. The zero-order valence-corrected chi connectivity index (χ0v) is 18.6. The second kappa shape index (κ2) is 11.4. The number of ether oxygens (including phenoxy) is 1. The van der Waals surface area contributed by atoms with Crippen LogP contribution in [0.5, 0.6) is 0 Å². The Morgan fingerprint density at radius 3 is 2.29 bits per heavy atom. The Labute approximate surface area is 183 Å². The summed E-state index contributed by atoms with van der Waals surface area (Å²) in [5.74, 6) is -0.192. The number of amides is 4. The summed E-state index contributed by atoms with van der Waals surface area (Å²) in [6.07, 6.45) is 1.33. The SMILES string of the molecule is C=CCNC(=O)c1ccc(NC(=O)NCCN2CCN(C(=O)OC(C)(C)C)CC2)cc1. The van der Waals surface area contributed by atoms with Crippen molar-refractivity contribution in [1.29, 1.82) is 0 Å². The third-order valence-electron chi connectivity index (χ3n) is 4.55. The van der Waals surface area contributed by atoms with E-state index in [0.29, 0.717) is 44.0 Å². The summed E-state index contributed by atoms with van der Waals surface area (Å²) in [6, 6.07) is 6.35. The molecule has 0 saturated carbocycles. The van der Waals surface area contributed by atoms with Crippen LogP contribution in [0.2, 0.25) is 0 Å². The van der Waals surface area contributed by atoms with Crippen molar-refractivity contribution in [2.24, 2.45) is 0 Å². The first kappa shape index (κ1) is 24.2. The van der Waals surface area contributed by atoms with Gasteiger partial charge in [0.05, 0.1) is 0 Å². The summed E-state index contributed by atoms with van der Waals surface area (Å²) >= 11 is 0. The molecule has 0 spiro atoms. The van der Waals surface area contributed by atoms with E-state index in [1.807, 2.05) is 20.8 Å². The molecule has 4 amide bonds. The highest BCUT2D eigenvalue weighted by Gasteiger charge is 2.25. The van der Waals surface area contributed by atoms with Crippen molar-refractivity contribution in [3.05, 3.63) is 42.5 Å². The quantitative estimate of drug-likeness (QED) is 0.575. The lowest BCUT2D eigenvalue weighted by Gasteiger charge is -2.35. The van der Waals surface area contributed by atoms with E-state index in [1.165, 1.54) is 0 Å². The van der Waals surface area contributed by atoms with Crippen LogP contribution < -0.4 is 16.0 Å². The number of benzene rings is 1. The van der Waals surface area contributed by atoms with Crippen molar-refractivity contribution < 1.29 is 19.1 Å². The molecule has 1 saturated heterocycles. The Bertz CT molecular complexity index is 765. The lowest BCUT2D eigenvalue weighted by Crippen LogP contribution is -2.51. The predicted molar refractivity (Wildman–Crippen MR) is 120 cm³/mol. The summed E-state index contributed by atoms with van der Waals surface area (Å²) in [5.41, 5.74) is 0.617. The smallest absolute Gasteiger partial charge is 0.410 e. The molecule has 1 fully saturated rings. The number of rotatable bonds is 7. The van der Waals surface area contributed by atoms with Crippen molar-refractivity contribution in [2.45, 2.75) is 26.4 Å². The van der Waals surface area contributed by atoms with E-state index in [0.717, 1.165) is 13.1 Å². The number of hydrogen-bond acceptors (Lipinski definition) is 5. The van der Waals surface area contributed by atoms with Crippen LogP contribution in [0, 0.1) is 0 Å². The van der Waals surface area contributed by atoms with Gasteiger partial charge in [-0.3, -0.25) is 9.69 Å². The molecule has 0 aliphatic carbocycles. The van der Waals surface area contributed by atoms with Crippen molar-refractivity contribution in [3.63, 3.8) is 0 Å². The van der Waals surface area contributed by atoms with Crippen molar-refractivity contribution in [2.75, 3.05) is 51.1 Å². The average molecular weight is 432 g/mol. The molecule has 3 N–H and O–H groups in total. The molecule has 0 atom stereocenters. The van der Waals surface area contributed by atoms with Gasteiger partial charge < -0.3 is 25.6 Å². The average Bonchev–Trinajstić information content (AvgIpc) is 2.71. The zero-order valence-electron chi connectivity index (χ0n) is 18.6.